The SMILES string of the molecule is OC1=C(O)Oc2c(ccc(O)c2O)C1. The summed E-state index contributed by atoms with van der Waals surface area (Å²) in [5.41, 5.74) is 0.496. The zero-order chi connectivity index (χ0) is 10.3. The molecule has 0 unspecified atom stereocenters. The van der Waals surface area contributed by atoms with E-state index in [-0.39, 0.29) is 23.7 Å². The number of phenols is 2. The van der Waals surface area contributed by atoms with Gasteiger partial charge in [0.05, 0.1) is 0 Å². The molecule has 0 spiro atoms. The van der Waals surface area contributed by atoms with Crippen molar-refractivity contribution in [2.75, 3.05) is 0 Å². The first-order valence-corrected chi connectivity index (χ1v) is 3.92. The second-order valence-corrected chi connectivity index (χ2v) is 2.95. The molecule has 4 N–H and O–H groups in total. The average molecular weight is 196 g/mol. The van der Waals surface area contributed by atoms with Crippen molar-refractivity contribution in [1.82, 2.24) is 0 Å². The molecule has 0 bridgehead atoms. The van der Waals surface area contributed by atoms with Crippen LogP contribution in [0.5, 0.6) is 17.2 Å². The number of ether oxygens (including phenoxy) is 1. The van der Waals surface area contributed by atoms with E-state index in [0.29, 0.717) is 5.56 Å². The average Bonchev–Trinajstić information content (AvgIpc) is 2.15. The number of fused-ring (bicyclic) bond motifs is 1. The van der Waals surface area contributed by atoms with Gasteiger partial charge < -0.3 is 25.2 Å². The van der Waals surface area contributed by atoms with Gasteiger partial charge in [-0.25, -0.2) is 0 Å². The summed E-state index contributed by atoms with van der Waals surface area (Å²) in [5, 5.41) is 36.7. The van der Waals surface area contributed by atoms with Crippen molar-refractivity contribution in [2.45, 2.75) is 6.42 Å². The van der Waals surface area contributed by atoms with Gasteiger partial charge >= 0.3 is 5.95 Å². The minimum absolute atomic E-state index is 0.0275. The zero-order valence-electron chi connectivity index (χ0n) is 7.06. The van der Waals surface area contributed by atoms with E-state index in [1.54, 1.807) is 0 Å². The molecule has 0 saturated carbocycles. The zero-order valence-corrected chi connectivity index (χ0v) is 7.06. The first-order chi connectivity index (χ1) is 6.59. The first kappa shape index (κ1) is 8.55. The molecule has 1 aliphatic heterocycles. The molecule has 0 amide bonds. The predicted molar refractivity (Wildman–Crippen MR) is 46.4 cm³/mol. The maximum absolute atomic E-state index is 9.36. The Balaban J connectivity index is 2.54. The summed E-state index contributed by atoms with van der Waals surface area (Å²) in [7, 11) is 0. The van der Waals surface area contributed by atoms with Crippen molar-refractivity contribution in [3.8, 4) is 17.2 Å². The summed E-state index contributed by atoms with van der Waals surface area (Å²) < 4.78 is 4.73. The molecule has 0 atom stereocenters. The minimum Gasteiger partial charge on any atom is -0.505 e. The number of hydrogen-bond acceptors (Lipinski definition) is 5. The van der Waals surface area contributed by atoms with E-state index in [4.69, 9.17) is 20.1 Å². The number of phenolic OH excluding ortho intramolecular Hbond substituents is 2. The van der Waals surface area contributed by atoms with Crippen LogP contribution in [0.1, 0.15) is 5.56 Å². The summed E-state index contributed by atoms with van der Waals surface area (Å²) in [6, 6.07) is 2.78. The number of aliphatic hydroxyl groups excluding tert-OH is 2. The van der Waals surface area contributed by atoms with Gasteiger partial charge in [-0.15, -0.1) is 0 Å². The van der Waals surface area contributed by atoms with E-state index in [1.165, 1.54) is 12.1 Å². The van der Waals surface area contributed by atoms with Gasteiger partial charge in [0, 0.05) is 12.0 Å². The lowest BCUT2D eigenvalue weighted by molar-refractivity contribution is 0.157. The third-order valence-corrected chi connectivity index (χ3v) is 2.00. The van der Waals surface area contributed by atoms with E-state index in [9.17, 15) is 5.11 Å². The Labute approximate surface area is 79.1 Å². The Kier molecular flexibility index (Phi) is 1.67. The molecule has 0 aliphatic carbocycles. The van der Waals surface area contributed by atoms with Gasteiger partial charge in [-0.05, 0) is 6.07 Å². The molecule has 1 aliphatic rings. The number of benzene rings is 1. The summed E-state index contributed by atoms with van der Waals surface area (Å²) in [4.78, 5) is 0. The van der Waals surface area contributed by atoms with E-state index in [0.717, 1.165) is 0 Å². The highest BCUT2D eigenvalue weighted by molar-refractivity contribution is 5.56. The summed E-state index contributed by atoms with van der Waals surface area (Å²) in [6.45, 7) is 0. The van der Waals surface area contributed by atoms with Crippen LogP contribution in [0.25, 0.3) is 0 Å². The lowest BCUT2D eigenvalue weighted by Gasteiger charge is -2.17. The molecule has 5 heteroatoms. The Morgan fingerprint density at radius 1 is 1.07 bits per heavy atom. The molecule has 14 heavy (non-hydrogen) atoms. The van der Waals surface area contributed by atoms with Gasteiger partial charge in [-0.3, -0.25) is 0 Å². The maximum atomic E-state index is 9.36. The fourth-order valence-corrected chi connectivity index (χ4v) is 1.27. The number of aromatic hydroxyl groups is 2. The van der Waals surface area contributed by atoms with Crippen LogP contribution in [-0.4, -0.2) is 20.4 Å². The number of allylic oxidation sites excluding steroid dienone is 1. The Bertz CT molecular complexity index is 421. The van der Waals surface area contributed by atoms with Crippen LogP contribution in [0.4, 0.5) is 0 Å². The normalized spacial score (nSPS) is 14.9. The molecule has 0 aromatic heterocycles. The highest BCUT2D eigenvalue weighted by Gasteiger charge is 2.23. The topological polar surface area (TPSA) is 90.2 Å². The van der Waals surface area contributed by atoms with E-state index in [1.807, 2.05) is 0 Å². The van der Waals surface area contributed by atoms with Gasteiger partial charge in [-0.1, -0.05) is 6.07 Å². The predicted octanol–water partition coefficient (Wildman–Crippen LogP) is 1.32. The molecule has 5 nitrogen and oxygen atoms in total. The van der Waals surface area contributed by atoms with Crippen molar-refractivity contribution in [1.29, 1.82) is 0 Å². The Morgan fingerprint density at radius 2 is 1.79 bits per heavy atom. The third kappa shape index (κ3) is 1.10. The van der Waals surface area contributed by atoms with Gasteiger partial charge in [-0.2, -0.15) is 0 Å². The highest BCUT2D eigenvalue weighted by atomic mass is 16.6. The standard InChI is InChI=1S/C9H8O5/c10-5-2-1-4-3-6(11)9(13)14-8(4)7(5)12/h1-2,10-13H,3H2. The molecule has 0 saturated heterocycles. The quantitative estimate of drug-likeness (QED) is 0.470. The second-order valence-electron chi connectivity index (χ2n) is 2.95. The molecular weight excluding hydrogens is 188 g/mol. The molecule has 0 fully saturated rings. The van der Waals surface area contributed by atoms with Gasteiger partial charge in [0.15, 0.2) is 17.3 Å². The highest BCUT2D eigenvalue weighted by Crippen LogP contribution is 2.41. The monoisotopic (exact) mass is 196 g/mol. The molecule has 74 valence electrons. The van der Waals surface area contributed by atoms with E-state index < -0.39 is 11.7 Å². The first-order valence-electron chi connectivity index (χ1n) is 3.92. The molecule has 1 heterocycles. The second kappa shape index (κ2) is 2.73. The van der Waals surface area contributed by atoms with Crippen molar-refractivity contribution in [3.63, 3.8) is 0 Å². The van der Waals surface area contributed by atoms with Crippen LogP contribution >= 0.6 is 0 Å². The minimum atomic E-state index is -0.654. The largest absolute Gasteiger partial charge is 0.505 e. The van der Waals surface area contributed by atoms with E-state index in [2.05, 4.69) is 0 Å². The Morgan fingerprint density at radius 3 is 2.50 bits per heavy atom. The van der Waals surface area contributed by atoms with E-state index >= 15 is 0 Å². The van der Waals surface area contributed by atoms with Crippen molar-refractivity contribution in [2.24, 2.45) is 0 Å². The van der Waals surface area contributed by atoms with Crippen molar-refractivity contribution in [3.05, 3.63) is 29.4 Å². The van der Waals surface area contributed by atoms with Crippen LogP contribution in [0.15, 0.2) is 23.8 Å². The number of hydrogen-bond donors (Lipinski definition) is 4. The summed E-state index contributed by atoms with van der Waals surface area (Å²) in [5.74, 6) is -1.76. The molecule has 2 rings (SSSR count). The lowest BCUT2D eigenvalue weighted by atomic mass is 10.1. The maximum Gasteiger partial charge on any atom is 0.322 e. The molecule has 1 aromatic carbocycles. The van der Waals surface area contributed by atoms with Crippen LogP contribution < -0.4 is 4.74 Å². The third-order valence-electron chi connectivity index (χ3n) is 2.00. The van der Waals surface area contributed by atoms with Crippen molar-refractivity contribution >= 4 is 0 Å². The van der Waals surface area contributed by atoms with Crippen LogP contribution in [-0.2, 0) is 6.42 Å². The molecule has 1 aromatic rings. The Hall–Kier alpha value is -2.04. The number of aliphatic hydroxyl groups is 2. The van der Waals surface area contributed by atoms with Gasteiger partial charge in [0.1, 0.15) is 0 Å². The lowest BCUT2D eigenvalue weighted by Crippen LogP contribution is -2.09. The van der Waals surface area contributed by atoms with Gasteiger partial charge in [0.25, 0.3) is 0 Å². The van der Waals surface area contributed by atoms with Crippen LogP contribution in [0, 0.1) is 0 Å². The fraction of sp³-hybridized carbons (Fsp3) is 0.111. The fourth-order valence-electron chi connectivity index (χ4n) is 1.27. The number of rotatable bonds is 0. The van der Waals surface area contributed by atoms with Crippen LogP contribution in [0.2, 0.25) is 0 Å². The molecule has 0 radical (unpaired) electrons. The van der Waals surface area contributed by atoms with Crippen LogP contribution in [0.3, 0.4) is 0 Å². The summed E-state index contributed by atoms with van der Waals surface area (Å²) >= 11 is 0. The molecular formula is C9H8O5. The van der Waals surface area contributed by atoms with Crippen molar-refractivity contribution < 1.29 is 25.2 Å². The van der Waals surface area contributed by atoms with Gasteiger partial charge in [0.2, 0.25) is 5.75 Å². The smallest absolute Gasteiger partial charge is 0.322 e. The summed E-state index contributed by atoms with van der Waals surface area (Å²) in [6.07, 6.45) is 0.0645.